The summed E-state index contributed by atoms with van der Waals surface area (Å²) in [5, 5.41) is 11.8. The molecule has 0 aromatic heterocycles. The maximum atomic E-state index is 13.5. The molecule has 1 aromatic rings. The fourth-order valence-corrected chi connectivity index (χ4v) is 2.72. The number of benzene rings is 1. The third-order valence-electron chi connectivity index (χ3n) is 2.39. The minimum Gasteiger partial charge on any atom is -0.379 e. The first-order chi connectivity index (χ1) is 7.29. The van der Waals surface area contributed by atoms with E-state index in [1.54, 1.807) is 12.1 Å². The van der Waals surface area contributed by atoms with Gasteiger partial charge in [0, 0.05) is 11.8 Å². The second-order valence-corrected chi connectivity index (χ2v) is 4.66. The summed E-state index contributed by atoms with van der Waals surface area (Å²) in [5.74, 6) is 1.82. The van der Waals surface area contributed by atoms with Gasteiger partial charge in [-0.05, 0) is 30.4 Å². The van der Waals surface area contributed by atoms with Gasteiger partial charge in [0.2, 0.25) is 0 Å². The number of halogens is 1. The SMILES string of the molecule is N#Cc1ccc(NC2CCSC2)c(F)c1. The lowest BCUT2D eigenvalue weighted by atomic mass is 10.2. The summed E-state index contributed by atoms with van der Waals surface area (Å²) in [6.45, 7) is 0. The van der Waals surface area contributed by atoms with Gasteiger partial charge in [0.25, 0.3) is 0 Å². The van der Waals surface area contributed by atoms with Crippen molar-refractivity contribution >= 4 is 17.4 Å². The zero-order chi connectivity index (χ0) is 10.7. The molecule has 2 rings (SSSR count). The zero-order valence-electron chi connectivity index (χ0n) is 8.16. The van der Waals surface area contributed by atoms with Crippen LogP contribution >= 0.6 is 11.8 Å². The van der Waals surface area contributed by atoms with Crippen LogP contribution in [-0.4, -0.2) is 17.5 Å². The van der Waals surface area contributed by atoms with E-state index < -0.39 is 0 Å². The number of anilines is 1. The van der Waals surface area contributed by atoms with Gasteiger partial charge in [-0.3, -0.25) is 0 Å². The van der Waals surface area contributed by atoms with Crippen molar-refractivity contribution in [1.82, 2.24) is 0 Å². The molecule has 0 bridgehead atoms. The molecule has 0 aliphatic carbocycles. The summed E-state index contributed by atoms with van der Waals surface area (Å²) in [6.07, 6.45) is 1.07. The summed E-state index contributed by atoms with van der Waals surface area (Å²) in [4.78, 5) is 0. The fourth-order valence-electron chi connectivity index (χ4n) is 1.57. The van der Waals surface area contributed by atoms with E-state index in [9.17, 15) is 4.39 Å². The predicted octanol–water partition coefficient (Wildman–Crippen LogP) is 2.61. The second-order valence-electron chi connectivity index (χ2n) is 3.51. The van der Waals surface area contributed by atoms with Crippen LogP contribution in [0.1, 0.15) is 12.0 Å². The van der Waals surface area contributed by atoms with Gasteiger partial charge in [-0.25, -0.2) is 4.39 Å². The van der Waals surface area contributed by atoms with Crippen molar-refractivity contribution in [3.63, 3.8) is 0 Å². The molecule has 0 saturated carbocycles. The molecule has 1 aromatic carbocycles. The Labute approximate surface area is 92.5 Å². The number of hydrogen-bond acceptors (Lipinski definition) is 3. The highest BCUT2D eigenvalue weighted by Crippen LogP contribution is 2.23. The second kappa shape index (κ2) is 4.54. The largest absolute Gasteiger partial charge is 0.379 e. The average Bonchev–Trinajstić information content (AvgIpc) is 2.74. The van der Waals surface area contributed by atoms with Crippen molar-refractivity contribution in [2.24, 2.45) is 0 Å². The summed E-state index contributed by atoms with van der Waals surface area (Å²) >= 11 is 1.88. The summed E-state index contributed by atoms with van der Waals surface area (Å²) < 4.78 is 13.5. The van der Waals surface area contributed by atoms with Crippen molar-refractivity contribution < 1.29 is 4.39 Å². The van der Waals surface area contributed by atoms with E-state index in [0.717, 1.165) is 17.9 Å². The van der Waals surface area contributed by atoms with Gasteiger partial charge in [0.15, 0.2) is 0 Å². The molecule has 1 atom stereocenters. The Morgan fingerprint density at radius 1 is 1.53 bits per heavy atom. The van der Waals surface area contributed by atoms with Gasteiger partial charge in [-0.2, -0.15) is 17.0 Å². The van der Waals surface area contributed by atoms with E-state index in [2.05, 4.69) is 5.32 Å². The van der Waals surface area contributed by atoms with Crippen molar-refractivity contribution in [3.8, 4) is 6.07 Å². The molecule has 2 nitrogen and oxygen atoms in total. The minimum atomic E-state index is -0.342. The van der Waals surface area contributed by atoms with E-state index in [1.165, 1.54) is 6.07 Å². The van der Waals surface area contributed by atoms with Crippen LogP contribution in [-0.2, 0) is 0 Å². The van der Waals surface area contributed by atoms with Crippen LogP contribution in [0.2, 0.25) is 0 Å². The van der Waals surface area contributed by atoms with Gasteiger partial charge in [0.1, 0.15) is 5.82 Å². The van der Waals surface area contributed by atoms with E-state index in [0.29, 0.717) is 17.3 Å². The maximum Gasteiger partial charge on any atom is 0.147 e. The lowest BCUT2D eigenvalue weighted by Crippen LogP contribution is -2.18. The minimum absolute atomic E-state index is 0.342. The Morgan fingerprint density at radius 3 is 3.00 bits per heavy atom. The van der Waals surface area contributed by atoms with Gasteiger partial charge < -0.3 is 5.32 Å². The van der Waals surface area contributed by atoms with Crippen LogP contribution in [0, 0.1) is 17.1 Å². The Kier molecular flexibility index (Phi) is 3.12. The highest BCUT2D eigenvalue weighted by Gasteiger charge is 2.16. The summed E-state index contributed by atoms with van der Waals surface area (Å²) in [7, 11) is 0. The quantitative estimate of drug-likeness (QED) is 0.835. The van der Waals surface area contributed by atoms with Crippen molar-refractivity contribution in [1.29, 1.82) is 5.26 Å². The molecule has 0 spiro atoms. The van der Waals surface area contributed by atoms with Crippen molar-refractivity contribution in [3.05, 3.63) is 29.6 Å². The average molecular weight is 222 g/mol. The van der Waals surface area contributed by atoms with E-state index in [1.807, 2.05) is 17.8 Å². The Hall–Kier alpha value is -1.21. The standard InChI is InChI=1S/C11H11FN2S/c12-10-5-8(6-13)1-2-11(10)14-9-3-4-15-7-9/h1-2,5,9,14H,3-4,7H2. The lowest BCUT2D eigenvalue weighted by Gasteiger charge is -2.13. The Balaban J connectivity index is 2.11. The number of nitrogens with zero attached hydrogens (tertiary/aromatic N) is 1. The topological polar surface area (TPSA) is 35.8 Å². The van der Waals surface area contributed by atoms with Gasteiger partial charge in [0.05, 0.1) is 17.3 Å². The third kappa shape index (κ3) is 2.42. The molecule has 0 amide bonds. The van der Waals surface area contributed by atoms with Crippen LogP contribution in [0.3, 0.4) is 0 Å². The molecule has 15 heavy (non-hydrogen) atoms. The molecule has 1 saturated heterocycles. The van der Waals surface area contributed by atoms with Crippen LogP contribution < -0.4 is 5.32 Å². The lowest BCUT2D eigenvalue weighted by molar-refractivity contribution is 0.626. The van der Waals surface area contributed by atoms with Crippen molar-refractivity contribution in [2.45, 2.75) is 12.5 Å². The molecule has 1 unspecified atom stereocenters. The molecular formula is C11H11FN2S. The molecule has 0 radical (unpaired) electrons. The molecule has 1 aliphatic heterocycles. The molecule has 1 N–H and O–H groups in total. The van der Waals surface area contributed by atoms with Gasteiger partial charge >= 0.3 is 0 Å². The van der Waals surface area contributed by atoms with E-state index in [-0.39, 0.29) is 5.82 Å². The fraction of sp³-hybridized carbons (Fsp3) is 0.364. The number of rotatable bonds is 2. The number of nitrogens with one attached hydrogen (secondary N) is 1. The number of nitriles is 1. The molecular weight excluding hydrogens is 211 g/mol. The normalized spacial score (nSPS) is 19.9. The number of thioether (sulfide) groups is 1. The maximum absolute atomic E-state index is 13.5. The molecule has 1 heterocycles. The van der Waals surface area contributed by atoms with Gasteiger partial charge in [-0.1, -0.05) is 0 Å². The van der Waals surface area contributed by atoms with Gasteiger partial charge in [-0.15, -0.1) is 0 Å². The Bertz CT molecular complexity index is 394. The first-order valence-electron chi connectivity index (χ1n) is 4.83. The van der Waals surface area contributed by atoms with E-state index in [4.69, 9.17) is 5.26 Å². The molecule has 4 heteroatoms. The van der Waals surface area contributed by atoms with Crippen LogP contribution in [0.25, 0.3) is 0 Å². The molecule has 1 fully saturated rings. The zero-order valence-corrected chi connectivity index (χ0v) is 8.98. The first-order valence-corrected chi connectivity index (χ1v) is 5.99. The Morgan fingerprint density at radius 2 is 2.40 bits per heavy atom. The summed E-state index contributed by atoms with van der Waals surface area (Å²) in [6, 6.07) is 6.81. The highest BCUT2D eigenvalue weighted by atomic mass is 32.2. The highest BCUT2D eigenvalue weighted by molar-refractivity contribution is 7.99. The monoisotopic (exact) mass is 222 g/mol. The molecule has 1 aliphatic rings. The van der Waals surface area contributed by atoms with E-state index >= 15 is 0 Å². The smallest absolute Gasteiger partial charge is 0.147 e. The molecule has 78 valence electrons. The number of hydrogen-bond donors (Lipinski definition) is 1. The van der Waals surface area contributed by atoms with Crippen LogP contribution in [0.15, 0.2) is 18.2 Å². The predicted molar refractivity (Wildman–Crippen MR) is 60.5 cm³/mol. The van der Waals surface area contributed by atoms with Crippen LogP contribution in [0.5, 0.6) is 0 Å². The van der Waals surface area contributed by atoms with Crippen molar-refractivity contribution in [2.75, 3.05) is 16.8 Å². The third-order valence-corrected chi connectivity index (χ3v) is 3.55. The first kappa shape index (κ1) is 10.3. The van der Waals surface area contributed by atoms with Crippen LogP contribution in [0.4, 0.5) is 10.1 Å². The summed E-state index contributed by atoms with van der Waals surface area (Å²) in [5.41, 5.74) is 0.861.